The van der Waals surface area contributed by atoms with Crippen molar-refractivity contribution in [3.8, 4) is 5.75 Å². The molecular formula is C21H26FN3O2. The van der Waals surface area contributed by atoms with Gasteiger partial charge in [0.1, 0.15) is 17.4 Å². The Morgan fingerprint density at radius 1 is 1.33 bits per heavy atom. The van der Waals surface area contributed by atoms with Gasteiger partial charge in [0.15, 0.2) is 0 Å². The van der Waals surface area contributed by atoms with Crippen LogP contribution in [0.2, 0.25) is 0 Å². The molecule has 27 heavy (non-hydrogen) atoms. The predicted molar refractivity (Wildman–Crippen MR) is 104 cm³/mol. The Kier molecular flexibility index (Phi) is 6.27. The van der Waals surface area contributed by atoms with E-state index in [0.29, 0.717) is 23.8 Å². The van der Waals surface area contributed by atoms with Gasteiger partial charge in [0.25, 0.3) is 5.91 Å². The molecule has 2 aromatic rings. The number of ether oxygens (including phenoxy) is 1. The van der Waals surface area contributed by atoms with Crippen molar-refractivity contribution in [2.45, 2.75) is 32.7 Å². The van der Waals surface area contributed by atoms with Crippen LogP contribution in [0.25, 0.3) is 0 Å². The Morgan fingerprint density at radius 3 is 2.85 bits per heavy atom. The molecule has 5 nitrogen and oxygen atoms in total. The molecule has 144 valence electrons. The molecule has 0 bridgehead atoms. The molecule has 0 radical (unpaired) electrons. The van der Waals surface area contributed by atoms with Crippen LogP contribution in [0.1, 0.15) is 37.0 Å². The molecule has 0 aliphatic carbocycles. The number of nitrogens with one attached hydrogen (secondary N) is 1. The van der Waals surface area contributed by atoms with E-state index in [1.807, 2.05) is 19.9 Å². The summed E-state index contributed by atoms with van der Waals surface area (Å²) < 4.78 is 18.8. The van der Waals surface area contributed by atoms with Crippen molar-refractivity contribution < 1.29 is 13.9 Å². The maximum atomic E-state index is 13.0. The van der Waals surface area contributed by atoms with Crippen LogP contribution in [0.4, 0.5) is 10.2 Å². The van der Waals surface area contributed by atoms with Gasteiger partial charge in [-0.3, -0.25) is 4.79 Å². The molecule has 1 N–H and O–H groups in total. The quantitative estimate of drug-likeness (QED) is 0.842. The van der Waals surface area contributed by atoms with Crippen molar-refractivity contribution in [2.75, 3.05) is 24.6 Å². The lowest BCUT2D eigenvalue weighted by Crippen LogP contribution is -2.38. The van der Waals surface area contributed by atoms with Gasteiger partial charge in [-0.1, -0.05) is 0 Å². The van der Waals surface area contributed by atoms with E-state index in [1.165, 1.54) is 12.1 Å². The van der Waals surface area contributed by atoms with Crippen LogP contribution >= 0.6 is 0 Å². The summed E-state index contributed by atoms with van der Waals surface area (Å²) in [6.45, 7) is 6.20. The van der Waals surface area contributed by atoms with Crippen LogP contribution in [0.15, 0.2) is 42.6 Å². The van der Waals surface area contributed by atoms with Gasteiger partial charge < -0.3 is 15.0 Å². The number of piperidine rings is 1. The van der Waals surface area contributed by atoms with Crippen molar-refractivity contribution in [1.29, 1.82) is 0 Å². The third-order valence-electron chi connectivity index (χ3n) is 4.57. The molecule has 2 heterocycles. The Labute approximate surface area is 159 Å². The molecule has 6 heteroatoms. The molecule has 1 unspecified atom stereocenters. The monoisotopic (exact) mass is 371 g/mol. The smallest absolute Gasteiger partial charge is 0.251 e. The zero-order valence-corrected chi connectivity index (χ0v) is 15.8. The first-order valence-electron chi connectivity index (χ1n) is 9.41. The van der Waals surface area contributed by atoms with Crippen molar-refractivity contribution in [3.63, 3.8) is 0 Å². The van der Waals surface area contributed by atoms with Gasteiger partial charge in [-0.2, -0.15) is 0 Å². The van der Waals surface area contributed by atoms with Crippen LogP contribution in [0, 0.1) is 11.7 Å². The summed E-state index contributed by atoms with van der Waals surface area (Å²) in [5.74, 6) is 1.51. The SMILES string of the molecule is CC(C)NC(=O)c1ccnc(N2CCCC(COc3ccc(F)cc3)C2)c1. The number of aromatic nitrogens is 1. The molecule has 1 fully saturated rings. The average Bonchev–Trinajstić information content (AvgIpc) is 2.67. The molecule has 1 aliphatic rings. The van der Waals surface area contributed by atoms with Gasteiger partial charge in [0.05, 0.1) is 6.61 Å². The van der Waals surface area contributed by atoms with Crippen molar-refractivity contribution in [2.24, 2.45) is 5.92 Å². The molecule has 1 aromatic carbocycles. The lowest BCUT2D eigenvalue weighted by Gasteiger charge is -2.33. The highest BCUT2D eigenvalue weighted by Crippen LogP contribution is 2.23. The van der Waals surface area contributed by atoms with Gasteiger partial charge >= 0.3 is 0 Å². The van der Waals surface area contributed by atoms with E-state index in [-0.39, 0.29) is 17.8 Å². The first-order chi connectivity index (χ1) is 13.0. The summed E-state index contributed by atoms with van der Waals surface area (Å²) in [6.07, 6.45) is 3.80. The molecule has 1 saturated heterocycles. The summed E-state index contributed by atoms with van der Waals surface area (Å²) in [5.41, 5.74) is 0.624. The molecule has 0 saturated carbocycles. The topological polar surface area (TPSA) is 54.5 Å². The van der Waals surface area contributed by atoms with Crippen LogP contribution < -0.4 is 15.0 Å². The number of nitrogens with zero attached hydrogens (tertiary/aromatic N) is 2. The third kappa shape index (κ3) is 5.42. The lowest BCUT2D eigenvalue weighted by molar-refractivity contribution is 0.0943. The number of benzene rings is 1. The predicted octanol–water partition coefficient (Wildman–Crippen LogP) is 3.65. The van der Waals surface area contributed by atoms with E-state index in [1.54, 1.807) is 24.4 Å². The van der Waals surface area contributed by atoms with Crippen LogP contribution in [0.5, 0.6) is 5.75 Å². The van der Waals surface area contributed by atoms with Crippen LogP contribution in [-0.2, 0) is 0 Å². The summed E-state index contributed by atoms with van der Waals surface area (Å²) in [5, 5.41) is 2.91. The number of carbonyl (C=O) groups excluding carboxylic acids is 1. The summed E-state index contributed by atoms with van der Waals surface area (Å²) in [6, 6.07) is 9.78. The van der Waals surface area contributed by atoms with E-state index in [4.69, 9.17) is 4.74 Å². The number of hydrogen-bond acceptors (Lipinski definition) is 4. The summed E-state index contributed by atoms with van der Waals surface area (Å²) in [4.78, 5) is 18.9. The third-order valence-corrected chi connectivity index (χ3v) is 4.57. The highest BCUT2D eigenvalue weighted by Gasteiger charge is 2.22. The van der Waals surface area contributed by atoms with Gasteiger partial charge in [-0.05, 0) is 63.1 Å². The van der Waals surface area contributed by atoms with Gasteiger partial charge in [-0.25, -0.2) is 9.37 Å². The van der Waals surface area contributed by atoms with Crippen LogP contribution in [0.3, 0.4) is 0 Å². The molecule has 1 aliphatic heterocycles. The molecular weight excluding hydrogens is 345 g/mol. The fourth-order valence-electron chi connectivity index (χ4n) is 3.23. The molecule has 0 spiro atoms. The van der Waals surface area contributed by atoms with E-state index in [9.17, 15) is 9.18 Å². The minimum Gasteiger partial charge on any atom is -0.493 e. The first kappa shape index (κ1) is 19.1. The Bertz CT molecular complexity index is 764. The van der Waals surface area contributed by atoms with E-state index in [0.717, 1.165) is 31.7 Å². The highest BCUT2D eigenvalue weighted by molar-refractivity contribution is 5.94. The minimum absolute atomic E-state index is 0.0816. The Morgan fingerprint density at radius 2 is 2.11 bits per heavy atom. The number of amides is 1. The van der Waals surface area contributed by atoms with Crippen LogP contribution in [-0.4, -0.2) is 36.6 Å². The number of carbonyl (C=O) groups is 1. The van der Waals surface area contributed by atoms with E-state index >= 15 is 0 Å². The van der Waals surface area contributed by atoms with Crippen molar-refractivity contribution in [1.82, 2.24) is 10.3 Å². The lowest BCUT2D eigenvalue weighted by atomic mass is 9.99. The highest BCUT2D eigenvalue weighted by atomic mass is 19.1. The number of pyridine rings is 1. The number of anilines is 1. The second-order valence-electron chi connectivity index (χ2n) is 7.25. The standard InChI is InChI=1S/C21H26FN3O2/c1-15(2)24-21(26)17-9-10-23-20(12-17)25-11-3-4-16(13-25)14-27-19-7-5-18(22)6-8-19/h5-10,12,15-16H,3-4,11,13-14H2,1-2H3,(H,24,26). The number of halogens is 1. The molecule has 1 amide bonds. The molecule has 1 aromatic heterocycles. The Hall–Kier alpha value is -2.63. The fraction of sp³-hybridized carbons (Fsp3) is 0.429. The first-order valence-corrected chi connectivity index (χ1v) is 9.41. The average molecular weight is 371 g/mol. The Balaban J connectivity index is 1.60. The zero-order valence-electron chi connectivity index (χ0n) is 15.8. The maximum absolute atomic E-state index is 13.0. The normalized spacial score (nSPS) is 17.0. The largest absolute Gasteiger partial charge is 0.493 e. The fourth-order valence-corrected chi connectivity index (χ4v) is 3.23. The van der Waals surface area contributed by atoms with Gasteiger partial charge in [0.2, 0.25) is 0 Å². The molecule has 3 rings (SSSR count). The molecule has 1 atom stereocenters. The second-order valence-corrected chi connectivity index (χ2v) is 7.25. The van der Waals surface area contributed by atoms with E-state index in [2.05, 4.69) is 15.2 Å². The zero-order chi connectivity index (χ0) is 19.2. The minimum atomic E-state index is -0.265. The van der Waals surface area contributed by atoms with Crippen molar-refractivity contribution in [3.05, 3.63) is 54.0 Å². The van der Waals surface area contributed by atoms with Crippen molar-refractivity contribution >= 4 is 11.7 Å². The van der Waals surface area contributed by atoms with Gasteiger partial charge in [0, 0.05) is 36.8 Å². The summed E-state index contributed by atoms with van der Waals surface area (Å²) >= 11 is 0. The van der Waals surface area contributed by atoms with E-state index < -0.39 is 0 Å². The number of rotatable bonds is 6. The second kappa shape index (κ2) is 8.84. The summed E-state index contributed by atoms with van der Waals surface area (Å²) in [7, 11) is 0. The maximum Gasteiger partial charge on any atom is 0.251 e. The van der Waals surface area contributed by atoms with Gasteiger partial charge in [-0.15, -0.1) is 0 Å². The number of hydrogen-bond donors (Lipinski definition) is 1.